The van der Waals surface area contributed by atoms with Gasteiger partial charge in [-0.1, -0.05) is 30.3 Å². The SMILES string of the molecule is COC(=O)C(Cc1ccccc1)NCC(=O)OC(C)(C)C. The first-order chi connectivity index (χ1) is 9.81. The van der Waals surface area contributed by atoms with Crippen LogP contribution in [0.2, 0.25) is 0 Å². The van der Waals surface area contributed by atoms with Gasteiger partial charge in [0.15, 0.2) is 0 Å². The van der Waals surface area contributed by atoms with Crippen LogP contribution in [0.25, 0.3) is 0 Å². The van der Waals surface area contributed by atoms with Crippen LogP contribution in [0.1, 0.15) is 26.3 Å². The van der Waals surface area contributed by atoms with Crippen molar-refractivity contribution < 1.29 is 19.1 Å². The van der Waals surface area contributed by atoms with Gasteiger partial charge in [-0.05, 0) is 32.8 Å². The average Bonchev–Trinajstić information content (AvgIpc) is 2.41. The Labute approximate surface area is 125 Å². The van der Waals surface area contributed by atoms with Crippen molar-refractivity contribution >= 4 is 11.9 Å². The fourth-order valence-corrected chi connectivity index (χ4v) is 1.82. The summed E-state index contributed by atoms with van der Waals surface area (Å²) in [6.45, 7) is 5.36. The number of hydrogen-bond donors (Lipinski definition) is 1. The van der Waals surface area contributed by atoms with E-state index in [0.717, 1.165) is 5.56 Å². The molecule has 5 heteroatoms. The van der Waals surface area contributed by atoms with Crippen molar-refractivity contribution in [1.29, 1.82) is 0 Å². The van der Waals surface area contributed by atoms with E-state index in [4.69, 9.17) is 9.47 Å². The molecule has 0 heterocycles. The summed E-state index contributed by atoms with van der Waals surface area (Å²) >= 11 is 0. The van der Waals surface area contributed by atoms with Gasteiger partial charge in [0.25, 0.3) is 0 Å². The molecule has 1 N–H and O–H groups in total. The summed E-state index contributed by atoms with van der Waals surface area (Å²) < 4.78 is 9.96. The maximum Gasteiger partial charge on any atom is 0.323 e. The van der Waals surface area contributed by atoms with Gasteiger partial charge in [0.1, 0.15) is 11.6 Å². The minimum absolute atomic E-state index is 0.0378. The van der Waals surface area contributed by atoms with Crippen molar-refractivity contribution in [3.63, 3.8) is 0 Å². The van der Waals surface area contributed by atoms with Crippen molar-refractivity contribution in [2.45, 2.75) is 38.8 Å². The van der Waals surface area contributed by atoms with Gasteiger partial charge >= 0.3 is 11.9 Å². The third-order valence-corrected chi connectivity index (χ3v) is 2.68. The molecule has 0 aliphatic rings. The van der Waals surface area contributed by atoms with Gasteiger partial charge in [-0.25, -0.2) is 0 Å². The minimum atomic E-state index is -0.579. The van der Waals surface area contributed by atoms with E-state index in [0.29, 0.717) is 6.42 Å². The van der Waals surface area contributed by atoms with Gasteiger partial charge in [0.2, 0.25) is 0 Å². The third kappa shape index (κ3) is 6.90. The number of carbonyl (C=O) groups excluding carboxylic acids is 2. The Kier molecular flexibility index (Phi) is 6.37. The highest BCUT2D eigenvalue weighted by Crippen LogP contribution is 2.07. The maximum atomic E-state index is 11.8. The van der Waals surface area contributed by atoms with Crippen LogP contribution in [-0.4, -0.2) is 37.2 Å². The second-order valence-electron chi connectivity index (χ2n) is 5.73. The smallest absolute Gasteiger partial charge is 0.323 e. The molecule has 0 bridgehead atoms. The van der Waals surface area contributed by atoms with E-state index in [1.165, 1.54) is 7.11 Å². The molecule has 0 saturated heterocycles. The number of carbonyl (C=O) groups is 2. The lowest BCUT2D eigenvalue weighted by Gasteiger charge is -2.21. The Balaban J connectivity index is 2.59. The summed E-state index contributed by atoms with van der Waals surface area (Å²) in [6, 6.07) is 8.97. The molecule has 1 aromatic rings. The molecule has 5 nitrogen and oxygen atoms in total. The van der Waals surface area contributed by atoms with Gasteiger partial charge < -0.3 is 9.47 Å². The summed E-state index contributed by atoms with van der Waals surface area (Å²) in [5, 5.41) is 2.89. The number of esters is 2. The highest BCUT2D eigenvalue weighted by atomic mass is 16.6. The molecule has 1 aromatic carbocycles. The maximum absolute atomic E-state index is 11.8. The number of hydrogen-bond acceptors (Lipinski definition) is 5. The largest absolute Gasteiger partial charge is 0.468 e. The lowest BCUT2D eigenvalue weighted by Crippen LogP contribution is -2.43. The number of ether oxygens (including phenoxy) is 2. The predicted molar refractivity (Wildman–Crippen MR) is 79.8 cm³/mol. The monoisotopic (exact) mass is 293 g/mol. The Morgan fingerprint density at radius 3 is 2.33 bits per heavy atom. The quantitative estimate of drug-likeness (QED) is 0.809. The van der Waals surface area contributed by atoms with Gasteiger partial charge in [-0.2, -0.15) is 0 Å². The molecular weight excluding hydrogens is 270 g/mol. The molecule has 21 heavy (non-hydrogen) atoms. The minimum Gasteiger partial charge on any atom is -0.468 e. The number of nitrogens with one attached hydrogen (secondary N) is 1. The van der Waals surface area contributed by atoms with Crippen LogP contribution >= 0.6 is 0 Å². The molecule has 0 aromatic heterocycles. The van der Waals surface area contributed by atoms with Crippen LogP contribution in [-0.2, 0) is 25.5 Å². The van der Waals surface area contributed by atoms with E-state index in [1.807, 2.05) is 30.3 Å². The van der Waals surface area contributed by atoms with E-state index in [1.54, 1.807) is 20.8 Å². The summed E-state index contributed by atoms with van der Waals surface area (Å²) in [6.07, 6.45) is 0.455. The van der Waals surface area contributed by atoms with Crippen molar-refractivity contribution in [3.05, 3.63) is 35.9 Å². The highest BCUT2D eigenvalue weighted by molar-refractivity contribution is 5.78. The van der Waals surface area contributed by atoms with Gasteiger partial charge in [0.05, 0.1) is 13.7 Å². The number of methoxy groups -OCH3 is 1. The first-order valence-corrected chi connectivity index (χ1v) is 6.89. The lowest BCUT2D eigenvalue weighted by atomic mass is 10.1. The molecule has 1 atom stereocenters. The van der Waals surface area contributed by atoms with E-state index in [9.17, 15) is 9.59 Å². The molecular formula is C16H23NO4. The molecule has 0 aliphatic heterocycles. The molecule has 0 aliphatic carbocycles. The van der Waals surface area contributed by atoms with E-state index in [2.05, 4.69) is 5.32 Å². The molecule has 0 fully saturated rings. The molecule has 1 rings (SSSR count). The first kappa shape index (κ1) is 17.2. The molecule has 0 radical (unpaired) electrons. The molecule has 0 amide bonds. The number of benzene rings is 1. The zero-order valence-electron chi connectivity index (χ0n) is 13.0. The Hall–Kier alpha value is -1.88. The van der Waals surface area contributed by atoms with E-state index < -0.39 is 23.6 Å². The summed E-state index contributed by atoms with van der Waals surface area (Å²) in [5.74, 6) is -0.799. The fraction of sp³-hybridized carbons (Fsp3) is 0.500. The zero-order chi connectivity index (χ0) is 15.9. The van der Waals surface area contributed by atoms with Crippen LogP contribution < -0.4 is 5.32 Å². The van der Waals surface area contributed by atoms with E-state index >= 15 is 0 Å². The molecule has 1 unspecified atom stereocenters. The third-order valence-electron chi connectivity index (χ3n) is 2.68. The van der Waals surface area contributed by atoms with Crippen LogP contribution in [0.15, 0.2) is 30.3 Å². The van der Waals surface area contributed by atoms with Crippen LogP contribution in [0.5, 0.6) is 0 Å². The molecule has 0 saturated carbocycles. The topological polar surface area (TPSA) is 64.6 Å². The van der Waals surface area contributed by atoms with E-state index in [-0.39, 0.29) is 6.54 Å². The van der Waals surface area contributed by atoms with Gasteiger partial charge in [-0.15, -0.1) is 0 Å². The second-order valence-corrected chi connectivity index (χ2v) is 5.73. The summed E-state index contributed by atoms with van der Waals surface area (Å²) in [5.41, 5.74) is 0.448. The lowest BCUT2D eigenvalue weighted by molar-refractivity contribution is -0.154. The predicted octanol–water partition coefficient (Wildman–Crippen LogP) is 1.70. The fourth-order valence-electron chi connectivity index (χ4n) is 1.82. The number of rotatable bonds is 6. The van der Waals surface area contributed by atoms with Gasteiger partial charge in [0, 0.05) is 0 Å². The zero-order valence-corrected chi connectivity index (χ0v) is 13.0. The first-order valence-electron chi connectivity index (χ1n) is 6.89. The van der Waals surface area contributed by atoms with Gasteiger partial charge in [-0.3, -0.25) is 14.9 Å². The van der Waals surface area contributed by atoms with Crippen molar-refractivity contribution in [1.82, 2.24) is 5.32 Å². The van der Waals surface area contributed by atoms with Crippen molar-refractivity contribution in [3.8, 4) is 0 Å². The average molecular weight is 293 g/mol. The summed E-state index contributed by atoms with van der Waals surface area (Å²) in [4.78, 5) is 23.5. The highest BCUT2D eigenvalue weighted by Gasteiger charge is 2.22. The Bertz CT molecular complexity index is 465. The molecule has 116 valence electrons. The van der Waals surface area contributed by atoms with Crippen molar-refractivity contribution in [2.75, 3.05) is 13.7 Å². The van der Waals surface area contributed by atoms with Crippen LogP contribution in [0.4, 0.5) is 0 Å². The normalized spacial score (nSPS) is 12.6. The Morgan fingerprint density at radius 2 is 1.81 bits per heavy atom. The second kappa shape index (κ2) is 7.78. The molecule has 0 spiro atoms. The summed E-state index contributed by atoms with van der Waals surface area (Å²) in [7, 11) is 1.33. The Morgan fingerprint density at radius 1 is 1.19 bits per heavy atom. The van der Waals surface area contributed by atoms with Crippen LogP contribution in [0.3, 0.4) is 0 Å². The van der Waals surface area contributed by atoms with Crippen LogP contribution in [0, 0.1) is 0 Å². The van der Waals surface area contributed by atoms with Crippen molar-refractivity contribution in [2.24, 2.45) is 0 Å². The standard InChI is InChI=1S/C16H23NO4/c1-16(2,3)21-14(18)11-17-13(15(19)20-4)10-12-8-6-5-7-9-12/h5-9,13,17H,10-11H2,1-4H3.